The molecule has 2 heteroatoms. The normalized spacial score (nSPS) is 24.8. The van der Waals surface area contributed by atoms with Crippen LogP contribution < -0.4 is 4.74 Å². The number of fused-ring (bicyclic) bond motifs is 1. The van der Waals surface area contributed by atoms with Gasteiger partial charge < -0.3 is 4.74 Å². The standard InChI is InChI=1S/C10H12OS/c1-10(2)9(12)7-5-3-4-6-8(7)11-10/h3-6,9,12H,1-2H3. The lowest BCUT2D eigenvalue weighted by atomic mass is 10.0. The van der Waals surface area contributed by atoms with Crippen molar-refractivity contribution in [1.29, 1.82) is 0 Å². The topological polar surface area (TPSA) is 9.23 Å². The highest BCUT2D eigenvalue weighted by Crippen LogP contribution is 2.46. The first-order valence-electron chi connectivity index (χ1n) is 4.07. The maximum absolute atomic E-state index is 5.73. The Morgan fingerprint density at radius 3 is 2.67 bits per heavy atom. The van der Waals surface area contributed by atoms with Crippen molar-refractivity contribution in [1.82, 2.24) is 0 Å². The molecule has 0 amide bonds. The summed E-state index contributed by atoms with van der Waals surface area (Å²) in [6.45, 7) is 4.12. The first-order chi connectivity index (χ1) is 5.61. The average molecular weight is 180 g/mol. The van der Waals surface area contributed by atoms with E-state index >= 15 is 0 Å². The molecule has 1 heterocycles. The highest BCUT2D eigenvalue weighted by atomic mass is 32.1. The van der Waals surface area contributed by atoms with E-state index in [9.17, 15) is 0 Å². The summed E-state index contributed by atoms with van der Waals surface area (Å²) in [5.41, 5.74) is 1.03. The second kappa shape index (κ2) is 2.43. The van der Waals surface area contributed by atoms with Gasteiger partial charge in [-0.15, -0.1) is 0 Å². The zero-order valence-electron chi connectivity index (χ0n) is 7.24. The van der Waals surface area contributed by atoms with Crippen LogP contribution in [0.3, 0.4) is 0 Å². The lowest BCUT2D eigenvalue weighted by Gasteiger charge is -2.22. The van der Waals surface area contributed by atoms with Gasteiger partial charge in [0.05, 0.1) is 5.25 Å². The third-order valence-corrected chi connectivity index (χ3v) is 3.15. The van der Waals surface area contributed by atoms with Crippen molar-refractivity contribution >= 4 is 12.6 Å². The van der Waals surface area contributed by atoms with Gasteiger partial charge in [0.25, 0.3) is 0 Å². The summed E-state index contributed by atoms with van der Waals surface area (Å²) in [6, 6.07) is 8.07. The Morgan fingerprint density at radius 1 is 1.33 bits per heavy atom. The molecule has 0 N–H and O–H groups in total. The minimum Gasteiger partial charge on any atom is -0.486 e. The lowest BCUT2D eigenvalue weighted by molar-refractivity contribution is 0.136. The Balaban J connectivity index is 2.49. The van der Waals surface area contributed by atoms with E-state index in [1.165, 1.54) is 5.56 Å². The van der Waals surface area contributed by atoms with Crippen molar-refractivity contribution in [3.05, 3.63) is 29.8 Å². The Labute approximate surface area is 78.2 Å². The zero-order chi connectivity index (χ0) is 8.77. The zero-order valence-corrected chi connectivity index (χ0v) is 8.14. The molecule has 0 bridgehead atoms. The van der Waals surface area contributed by atoms with E-state index in [0.29, 0.717) is 0 Å². The highest BCUT2D eigenvalue weighted by Gasteiger charge is 2.38. The summed E-state index contributed by atoms with van der Waals surface area (Å²) in [5.74, 6) is 0.975. The van der Waals surface area contributed by atoms with Gasteiger partial charge in [0.2, 0.25) is 0 Å². The first-order valence-corrected chi connectivity index (χ1v) is 4.59. The van der Waals surface area contributed by atoms with Gasteiger partial charge >= 0.3 is 0 Å². The molecule has 2 rings (SSSR count). The predicted molar refractivity (Wildman–Crippen MR) is 52.9 cm³/mol. The molecule has 0 fully saturated rings. The van der Waals surface area contributed by atoms with Crippen LogP contribution in [0.25, 0.3) is 0 Å². The molecule has 12 heavy (non-hydrogen) atoms. The number of hydrogen-bond donors (Lipinski definition) is 1. The molecule has 0 saturated heterocycles. The molecule has 1 aliphatic rings. The van der Waals surface area contributed by atoms with Gasteiger partial charge in [0.1, 0.15) is 11.4 Å². The Morgan fingerprint density at radius 2 is 2.00 bits per heavy atom. The molecule has 1 aromatic rings. The predicted octanol–water partition coefficient (Wildman–Crippen LogP) is 2.83. The van der Waals surface area contributed by atoms with Crippen LogP contribution in [0.15, 0.2) is 24.3 Å². The summed E-state index contributed by atoms with van der Waals surface area (Å²) >= 11 is 4.53. The first kappa shape index (κ1) is 7.99. The molecular formula is C10H12OS. The minimum absolute atomic E-state index is 0.174. The van der Waals surface area contributed by atoms with Gasteiger partial charge in [0.15, 0.2) is 0 Å². The van der Waals surface area contributed by atoms with Crippen molar-refractivity contribution in [2.75, 3.05) is 0 Å². The number of thiol groups is 1. The molecule has 64 valence electrons. The molecule has 0 aliphatic carbocycles. The number of benzene rings is 1. The lowest BCUT2D eigenvalue weighted by Crippen LogP contribution is -2.27. The summed E-state index contributed by atoms with van der Waals surface area (Å²) < 4.78 is 5.73. The van der Waals surface area contributed by atoms with E-state index < -0.39 is 0 Å². The molecule has 1 aromatic carbocycles. The van der Waals surface area contributed by atoms with Crippen molar-refractivity contribution in [2.24, 2.45) is 0 Å². The quantitative estimate of drug-likeness (QED) is 0.604. The molecule has 1 unspecified atom stereocenters. The van der Waals surface area contributed by atoms with Crippen LogP contribution >= 0.6 is 12.6 Å². The van der Waals surface area contributed by atoms with Crippen LogP contribution in [-0.2, 0) is 0 Å². The molecule has 0 spiro atoms. The van der Waals surface area contributed by atoms with Gasteiger partial charge in [0, 0.05) is 5.56 Å². The summed E-state index contributed by atoms with van der Waals surface area (Å²) in [7, 11) is 0. The fourth-order valence-corrected chi connectivity index (χ4v) is 1.78. The number of rotatable bonds is 0. The van der Waals surface area contributed by atoms with Gasteiger partial charge in [-0.25, -0.2) is 0 Å². The third kappa shape index (κ3) is 1.02. The maximum atomic E-state index is 5.73. The fourth-order valence-electron chi connectivity index (χ4n) is 1.51. The van der Waals surface area contributed by atoms with Crippen molar-refractivity contribution in [3.63, 3.8) is 0 Å². The molecule has 1 nitrogen and oxygen atoms in total. The van der Waals surface area contributed by atoms with Gasteiger partial charge in [-0.05, 0) is 19.9 Å². The monoisotopic (exact) mass is 180 g/mol. The maximum Gasteiger partial charge on any atom is 0.124 e. The van der Waals surface area contributed by atoms with Crippen molar-refractivity contribution < 1.29 is 4.74 Å². The van der Waals surface area contributed by atoms with E-state index in [2.05, 4.69) is 32.5 Å². The summed E-state index contributed by atoms with van der Waals surface area (Å²) in [6.07, 6.45) is 0. The van der Waals surface area contributed by atoms with E-state index in [1.54, 1.807) is 0 Å². The van der Waals surface area contributed by atoms with E-state index in [1.807, 2.05) is 18.2 Å². The Bertz CT molecular complexity index is 306. The average Bonchev–Trinajstić information content (AvgIpc) is 2.24. The smallest absolute Gasteiger partial charge is 0.124 e. The van der Waals surface area contributed by atoms with Crippen LogP contribution in [0.1, 0.15) is 24.7 Å². The Hall–Kier alpha value is -0.630. The third-order valence-electron chi connectivity index (χ3n) is 2.25. The minimum atomic E-state index is -0.174. The number of ether oxygens (including phenoxy) is 1. The summed E-state index contributed by atoms with van der Waals surface area (Å²) in [4.78, 5) is 0. The molecule has 0 radical (unpaired) electrons. The van der Waals surface area contributed by atoms with Gasteiger partial charge in [-0.3, -0.25) is 0 Å². The van der Waals surface area contributed by atoms with E-state index in [-0.39, 0.29) is 10.9 Å². The number of hydrogen-bond acceptors (Lipinski definition) is 2. The van der Waals surface area contributed by atoms with E-state index in [0.717, 1.165) is 5.75 Å². The molecule has 1 aliphatic heterocycles. The van der Waals surface area contributed by atoms with Crippen molar-refractivity contribution in [3.8, 4) is 5.75 Å². The highest BCUT2D eigenvalue weighted by molar-refractivity contribution is 7.80. The molecule has 0 aromatic heterocycles. The van der Waals surface area contributed by atoms with Crippen LogP contribution in [0.4, 0.5) is 0 Å². The number of para-hydroxylation sites is 1. The van der Waals surface area contributed by atoms with Gasteiger partial charge in [-0.1, -0.05) is 18.2 Å². The van der Waals surface area contributed by atoms with Crippen LogP contribution in [-0.4, -0.2) is 5.60 Å². The summed E-state index contributed by atoms with van der Waals surface area (Å²) in [5, 5.41) is 0.189. The molecule has 1 atom stereocenters. The van der Waals surface area contributed by atoms with Crippen LogP contribution in [0.5, 0.6) is 5.75 Å². The van der Waals surface area contributed by atoms with E-state index in [4.69, 9.17) is 4.74 Å². The second-order valence-corrected chi connectivity index (χ2v) is 4.16. The van der Waals surface area contributed by atoms with Gasteiger partial charge in [-0.2, -0.15) is 12.6 Å². The van der Waals surface area contributed by atoms with Crippen LogP contribution in [0.2, 0.25) is 0 Å². The fraction of sp³-hybridized carbons (Fsp3) is 0.400. The second-order valence-electron chi connectivity index (χ2n) is 3.65. The largest absolute Gasteiger partial charge is 0.486 e. The van der Waals surface area contributed by atoms with Crippen molar-refractivity contribution in [2.45, 2.75) is 24.7 Å². The SMILES string of the molecule is CC1(C)Oc2ccccc2C1S. The van der Waals surface area contributed by atoms with Crippen LogP contribution in [0, 0.1) is 0 Å². The molecule has 0 saturated carbocycles. The molecular weight excluding hydrogens is 168 g/mol. The Kier molecular flexibility index (Phi) is 1.62.